The zero-order valence-electron chi connectivity index (χ0n) is 12.3. The maximum Gasteiger partial charge on any atom is 0.240 e. The molecule has 1 aliphatic rings. The molecule has 0 amide bonds. The SMILES string of the molecule is C=C/C(Br)=C1\N=C(N)Nc2cccc(c2)S(=O)(=O)NCCCN1. The van der Waals surface area contributed by atoms with E-state index in [1.54, 1.807) is 18.2 Å². The molecule has 0 unspecified atom stereocenters. The van der Waals surface area contributed by atoms with Gasteiger partial charge >= 0.3 is 0 Å². The third-order valence-corrected chi connectivity index (χ3v) is 5.15. The van der Waals surface area contributed by atoms with Crippen molar-refractivity contribution in [1.29, 1.82) is 0 Å². The molecular weight excluding hydrogens is 382 g/mol. The van der Waals surface area contributed by atoms with Crippen molar-refractivity contribution < 1.29 is 8.42 Å². The Labute approximate surface area is 143 Å². The van der Waals surface area contributed by atoms with Gasteiger partial charge in [-0.2, -0.15) is 4.99 Å². The van der Waals surface area contributed by atoms with Gasteiger partial charge in [-0.15, -0.1) is 0 Å². The third-order valence-electron chi connectivity index (χ3n) is 2.99. The monoisotopic (exact) mass is 399 g/mol. The third kappa shape index (κ3) is 4.81. The fourth-order valence-electron chi connectivity index (χ4n) is 1.90. The van der Waals surface area contributed by atoms with Crippen LogP contribution in [0.15, 0.2) is 57.1 Å². The number of guanidine groups is 1. The lowest BCUT2D eigenvalue weighted by atomic mass is 10.3. The zero-order chi connectivity index (χ0) is 16.9. The Morgan fingerprint density at radius 3 is 2.91 bits per heavy atom. The van der Waals surface area contributed by atoms with Gasteiger partial charge in [0.2, 0.25) is 10.0 Å². The first-order chi connectivity index (χ1) is 10.9. The average Bonchev–Trinajstić information content (AvgIpc) is 2.52. The lowest BCUT2D eigenvalue weighted by Gasteiger charge is -2.10. The minimum Gasteiger partial charge on any atom is -0.369 e. The van der Waals surface area contributed by atoms with Crippen LogP contribution in [0, 0.1) is 0 Å². The predicted octanol–water partition coefficient (Wildman–Crippen LogP) is 1.43. The molecule has 124 valence electrons. The fraction of sp³-hybridized carbons (Fsp3) is 0.214. The van der Waals surface area contributed by atoms with Crippen LogP contribution in [0.25, 0.3) is 0 Å². The number of fused-ring (bicyclic) bond motifs is 2. The highest BCUT2D eigenvalue weighted by Gasteiger charge is 2.14. The summed E-state index contributed by atoms with van der Waals surface area (Å²) in [5.41, 5.74) is 6.42. The number of allylic oxidation sites excluding steroid dienone is 2. The van der Waals surface area contributed by atoms with E-state index in [2.05, 4.69) is 42.9 Å². The van der Waals surface area contributed by atoms with E-state index in [1.165, 1.54) is 12.1 Å². The molecule has 1 heterocycles. The van der Waals surface area contributed by atoms with Gasteiger partial charge in [0.05, 0.1) is 9.38 Å². The molecule has 0 aromatic heterocycles. The van der Waals surface area contributed by atoms with E-state index < -0.39 is 10.0 Å². The van der Waals surface area contributed by atoms with E-state index in [4.69, 9.17) is 5.73 Å². The first-order valence-corrected chi connectivity index (χ1v) is 9.17. The summed E-state index contributed by atoms with van der Waals surface area (Å²) >= 11 is 3.35. The molecule has 0 radical (unpaired) electrons. The van der Waals surface area contributed by atoms with Crippen LogP contribution >= 0.6 is 15.9 Å². The molecule has 9 heteroatoms. The number of hydrogen-bond acceptors (Lipinski definition) is 6. The van der Waals surface area contributed by atoms with Gasteiger partial charge in [-0.25, -0.2) is 13.1 Å². The fourth-order valence-corrected chi connectivity index (χ4v) is 3.24. The van der Waals surface area contributed by atoms with Crippen molar-refractivity contribution in [3.05, 3.63) is 47.2 Å². The molecule has 0 spiro atoms. The van der Waals surface area contributed by atoms with Gasteiger partial charge < -0.3 is 16.4 Å². The molecule has 2 bridgehead atoms. The van der Waals surface area contributed by atoms with Gasteiger partial charge in [-0.3, -0.25) is 0 Å². The number of aliphatic imine (C=N–C) groups is 1. The smallest absolute Gasteiger partial charge is 0.240 e. The number of rotatable bonds is 1. The number of benzene rings is 1. The molecule has 1 aliphatic heterocycles. The van der Waals surface area contributed by atoms with Gasteiger partial charge in [0.1, 0.15) is 5.82 Å². The van der Waals surface area contributed by atoms with Crippen molar-refractivity contribution in [3.8, 4) is 0 Å². The standard InChI is InChI=1S/C14H18BrN5O2S/c1-2-12(15)13-17-7-4-8-18-23(21,22)11-6-3-5-10(9-11)19-14(16)20-13/h2-3,5-6,9,17-18H,1,4,7-8H2,(H3,16,19,20)/b13-12+. The minimum atomic E-state index is -3.55. The van der Waals surface area contributed by atoms with Crippen molar-refractivity contribution in [1.82, 2.24) is 10.0 Å². The first kappa shape index (κ1) is 17.5. The van der Waals surface area contributed by atoms with Crippen molar-refractivity contribution in [3.63, 3.8) is 0 Å². The Hall–Kier alpha value is -1.84. The molecule has 0 saturated heterocycles. The zero-order valence-corrected chi connectivity index (χ0v) is 14.7. The highest BCUT2D eigenvalue weighted by Crippen LogP contribution is 2.16. The molecule has 5 N–H and O–H groups in total. The lowest BCUT2D eigenvalue weighted by molar-refractivity contribution is 0.577. The molecule has 0 aliphatic carbocycles. The summed E-state index contributed by atoms with van der Waals surface area (Å²) < 4.78 is 27.7. The average molecular weight is 400 g/mol. The van der Waals surface area contributed by atoms with E-state index in [0.29, 0.717) is 35.5 Å². The Morgan fingerprint density at radius 1 is 1.39 bits per heavy atom. The molecule has 7 nitrogen and oxygen atoms in total. The second-order valence-electron chi connectivity index (χ2n) is 4.73. The van der Waals surface area contributed by atoms with Gasteiger partial charge in [0.25, 0.3) is 0 Å². The van der Waals surface area contributed by atoms with Gasteiger partial charge in [0, 0.05) is 18.8 Å². The largest absolute Gasteiger partial charge is 0.369 e. The van der Waals surface area contributed by atoms with E-state index in [-0.39, 0.29) is 10.9 Å². The van der Waals surface area contributed by atoms with Crippen LogP contribution in [-0.2, 0) is 10.0 Å². The Bertz CT molecular complexity index is 758. The number of hydrogen-bond donors (Lipinski definition) is 4. The number of halogens is 1. The molecular formula is C14H18BrN5O2S. The van der Waals surface area contributed by atoms with Crippen LogP contribution < -0.4 is 21.1 Å². The van der Waals surface area contributed by atoms with Gasteiger partial charge in [-0.1, -0.05) is 18.7 Å². The second kappa shape index (κ2) is 7.62. The molecule has 0 saturated carbocycles. The van der Waals surface area contributed by atoms with Crippen molar-refractivity contribution in [2.75, 3.05) is 18.4 Å². The van der Waals surface area contributed by atoms with Crippen LogP contribution in [0.2, 0.25) is 0 Å². The van der Waals surface area contributed by atoms with Crippen LogP contribution in [0.5, 0.6) is 0 Å². The molecule has 1 aromatic carbocycles. The summed E-state index contributed by atoms with van der Waals surface area (Å²) in [7, 11) is -3.55. The van der Waals surface area contributed by atoms with E-state index >= 15 is 0 Å². The number of sulfonamides is 1. The van der Waals surface area contributed by atoms with Gasteiger partial charge in [0.15, 0.2) is 5.96 Å². The minimum absolute atomic E-state index is 0.132. The number of anilines is 1. The molecule has 23 heavy (non-hydrogen) atoms. The summed E-state index contributed by atoms with van der Waals surface area (Å²) in [5, 5.41) is 5.97. The van der Waals surface area contributed by atoms with Crippen LogP contribution in [-0.4, -0.2) is 27.5 Å². The van der Waals surface area contributed by atoms with Crippen LogP contribution in [0.3, 0.4) is 0 Å². The highest BCUT2D eigenvalue weighted by molar-refractivity contribution is 9.11. The summed E-state index contributed by atoms with van der Waals surface area (Å²) in [5.74, 6) is 0.649. The van der Waals surface area contributed by atoms with Crippen molar-refractivity contribution in [2.24, 2.45) is 10.7 Å². The van der Waals surface area contributed by atoms with E-state index in [1.807, 2.05) is 0 Å². The van der Waals surface area contributed by atoms with Crippen molar-refractivity contribution >= 4 is 37.6 Å². The molecule has 0 atom stereocenters. The summed E-state index contributed by atoms with van der Waals surface area (Å²) in [6.07, 6.45) is 2.18. The maximum absolute atomic E-state index is 12.2. The van der Waals surface area contributed by atoms with E-state index in [0.717, 1.165) is 0 Å². The molecule has 0 fully saturated rings. The van der Waals surface area contributed by atoms with Crippen LogP contribution in [0.4, 0.5) is 5.69 Å². The lowest BCUT2D eigenvalue weighted by Crippen LogP contribution is -2.27. The summed E-state index contributed by atoms with van der Waals surface area (Å²) in [6, 6.07) is 6.37. The number of nitrogens with two attached hydrogens (primary N) is 1. The highest BCUT2D eigenvalue weighted by atomic mass is 79.9. The molecule has 2 rings (SSSR count). The number of nitrogens with zero attached hydrogens (tertiary/aromatic N) is 1. The summed E-state index contributed by atoms with van der Waals surface area (Å²) in [4.78, 5) is 4.44. The normalized spacial score (nSPS) is 20.5. The first-order valence-electron chi connectivity index (χ1n) is 6.89. The Morgan fingerprint density at radius 2 is 2.17 bits per heavy atom. The topological polar surface area (TPSA) is 109 Å². The van der Waals surface area contributed by atoms with Crippen molar-refractivity contribution in [2.45, 2.75) is 11.3 Å². The van der Waals surface area contributed by atoms with E-state index in [9.17, 15) is 8.42 Å². The Balaban J connectivity index is 2.42. The summed E-state index contributed by atoms with van der Waals surface area (Å²) in [6.45, 7) is 4.51. The molecule has 1 aromatic rings. The predicted molar refractivity (Wildman–Crippen MR) is 95.6 cm³/mol. The maximum atomic E-state index is 12.2. The van der Waals surface area contributed by atoms with Crippen LogP contribution in [0.1, 0.15) is 6.42 Å². The quantitative estimate of drug-likeness (QED) is 0.571. The number of nitrogens with one attached hydrogen (secondary N) is 3. The Kier molecular flexibility index (Phi) is 5.80. The second-order valence-corrected chi connectivity index (χ2v) is 7.35. The van der Waals surface area contributed by atoms with Gasteiger partial charge in [-0.05, 0) is 40.5 Å².